The van der Waals surface area contributed by atoms with E-state index in [1.807, 2.05) is 0 Å². The van der Waals surface area contributed by atoms with Gasteiger partial charge in [-0.2, -0.15) is 5.10 Å². The Morgan fingerprint density at radius 2 is 1.92 bits per heavy atom. The minimum Gasteiger partial charge on any atom is -0.487 e. The first-order valence-corrected chi connectivity index (χ1v) is 7.29. The first-order chi connectivity index (χ1) is 11.9. The van der Waals surface area contributed by atoms with Crippen LogP contribution in [0.4, 0.5) is 8.78 Å². The maximum Gasteiger partial charge on any atom is 0.267 e. The second kappa shape index (κ2) is 6.68. The van der Waals surface area contributed by atoms with E-state index in [0.29, 0.717) is 22.4 Å². The van der Waals surface area contributed by atoms with Gasteiger partial charge in [0.25, 0.3) is 5.91 Å². The highest BCUT2D eigenvalue weighted by atomic mass is 19.1. The van der Waals surface area contributed by atoms with Crippen LogP contribution in [0, 0.1) is 11.6 Å². The summed E-state index contributed by atoms with van der Waals surface area (Å²) >= 11 is 0. The number of carbonyl (C=O) groups is 1. The number of primary amides is 1. The molecule has 25 heavy (non-hydrogen) atoms. The quantitative estimate of drug-likeness (QED) is 0.771. The highest BCUT2D eigenvalue weighted by Crippen LogP contribution is 2.30. The Kier molecular flexibility index (Phi) is 4.42. The first-order valence-electron chi connectivity index (χ1n) is 7.29. The number of halogens is 2. The lowest BCUT2D eigenvalue weighted by Gasteiger charge is -2.11. The topological polar surface area (TPSA) is 83.0 Å². The van der Waals surface area contributed by atoms with Crippen molar-refractivity contribution < 1.29 is 18.3 Å². The Labute approximate surface area is 141 Å². The Hall–Kier alpha value is -3.29. The zero-order valence-electron chi connectivity index (χ0n) is 13.2. The molecule has 2 aromatic heterocycles. The van der Waals surface area contributed by atoms with Gasteiger partial charge in [-0.15, -0.1) is 0 Å². The van der Waals surface area contributed by atoms with Crippen molar-refractivity contribution in [1.82, 2.24) is 14.8 Å². The van der Waals surface area contributed by atoms with Gasteiger partial charge in [0, 0.05) is 30.4 Å². The van der Waals surface area contributed by atoms with E-state index < -0.39 is 17.5 Å². The number of rotatable bonds is 5. The average Bonchev–Trinajstić information content (AvgIpc) is 2.98. The Bertz CT molecular complexity index is 920. The molecule has 8 heteroatoms. The number of ether oxygens (including phenoxy) is 1. The molecule has 0 aliphatic heterocycles. The van der Waals surface area contributed by atoms with Crippen molar-refractivity contribution in [3.63, 3.8) is 0 Å². The third-order valence-electron chi connectivity index (χ3n) is 3.45. The minimum absolute atomic E-state index is 0.0699. The molecular weight excluding hydrogens is 330 g/mol. The van der Waals surface area contributed by atoms with Gasteiger partial charge < -0.3 is 10.5 Å². The van der Waals surface area contributed by atoms with Crippen molar-refractivity contribution in [3.8, 4) is 16.9 Å². The molecule has 0 aliphatic carbocycles. The molecule has 0 unspecified atom stereocenters. The molecule has 0 fully saturated rings. The molecule has 3 aromatic rings. The van der Waals surface area contributed by atoms with Crippen LogP contribution >= 0.6 is 0 Å². The van der Waals surface area contributed by atoms with E-state index in [4.69, 9.17) is 10.5 Å². The summed E-state index contributed by atoms with van der Waals surface area (Å²) in [5, 5.41) is 4.08. The van der Waals surface area contributed by atoms with E-state index in [0.717, 1.165) is 6.07 Å². The van der Waals surface area contributed by atoms with Gasteiger partial charge in [-0.05, 0) is 23.8 Å². The summed E-state index contributed by atoms with van der Waals surface area (Å²) in [6, 6.07) is 4.63. The van der Waals surface area contributed by atoms with E-state index in [1.165, 1.54) is 24.4 Å². The average molecular weight is 344 g/mol. The number of hydrogen-bond donors (Lipinski definition) is 1. The maximum absolute atomic E-state index is 13.3. The molecular formula is C17H14F2N4O2. The van der Waals surface area contributed by atoms with Crippen molar-refractivity contribution in [2.24, 2.45) is 12.8 Å². The SMILES string of the molecule is Cn1cc(-c2cc(C(N)=O)ncc2OCc2cc(F)cc(F)c2)cn1. The van der Waals surface area contributed by atoms with Crippen LogP contribution in [-0.2, 0) is 13.7 Å². The fraction of sp³-hybridized carbons (Fsp3) is 0.118. The molecule has 1 amide bonds. The van der Waals surface area contributed by atoms with Crippen molar-refractivity contribution in [2.45, 2.75) is 6.61 Å². The van der Waals surface area contributed by atoms with Gasteiger partial charge in [0.2, 0.25) is 0 Å². The van der Waals surface area contributed by atoms with Crippen LogP contribution in [0.15, 0.2) is 42.9 Å². The molecule has 1 aromatic carbocycles. The zero-order valence-corrected chi connectivity index (χ0v) is 13.2. The van der Waals surface area contributed by atoms with Gasteiger partial charge in [-0.25, -0.2) is 13.8 Å². The molecule has 3 rings (SSSR count). The summed E-state index contributed by atoms with van der Waals surface area (Å²) in [4.78, 5) is 15.3. The molecule has 0 saturated carbocycles. The molecule has 0 aliphatic rings. The number of nitrogens with two attached hydrogens (primary N) is 1. The molecule has 2 heterocycles. The summed E-state index contributed by atoms with van der Waals surface area (Å²) in [7, 11) is 1.75. The summed E-state index contributed by atoms with van der Waals surface area (Å²) < 4.78 is 33.8. The number of aromatic nitrogens is 3. The Morgan fingerprint density at radius 1 is 1.20 bits per heavy atom. The third-order valence-corrected chi connectivity index (χ3v) is 3.45. The lowest BCUT2D eigenvalue weighted by Crippen LogP contribution is -2.13. The highest BCUT2D eigenvalue weighted by Gasteiger charge is 2.14. The number of benzene rings is 1. The molecule has 0 atom stereocenters. The van der Waals surface area contributed by atoms with Gasteiger partial charge in [0.05, 0.1) is 12.4 Å². The predicted octanol–water partition coefficient (Wildman–Crippen LogP) is 2.44. The molecule has 128 valence electrons. The second-order valence-corrected chi connectivity index (χ2v) is 5.40. The summed E-state index contributed by atoms with van der Waals surface area (Å²) in [6.45, 7) is -0.0699. The number of amides is 1. The number of nitrogens with zero attached hydrogens (tertiary/aromatic N) is 3. The van der Waals surface area contributed by atoms with Gasteiger partial charge in [0.1, 0.15) is 29.7 Å². The normalized spacial score (nSPS) is 10.7. The summed E-state index contributed by atoms with van der Waals surface area (Å²) in [6.07, 6.45) is 4.67. The fourth-order valence-electron chi connectivity index (χ4n) is 2.33. The molecule has 0 radical (unpaired) electrons. The Balaban J connectivity index is 1.93. The van der Waals surface area contributed by atoms with Crippen molar-refractivity contribution in [3.05, 3.63) is 65.7 Å². The number of carbonyl (C=O) groups excluding carboxylic acids is 1. The number of hydrogen-bond acceptors (Lipinski definition) is 4. The van der Waals surface area contributed by atoms with Gasteiger partial charge >= 0.3 is 0 Å². The van der Waals surface area contributed by atoms with Crippen LogP contribution in [-0.4, -0.2) is 20.7 Å². The van der Waals surface area contributed by atoms with Crippen LogP contribution in [0.1, 0.15) is 16.1 Å². The van der Waals surface area contributed by atoms with Crippen molar-refractivity contribution >= 4 is 5.91 Å². The van der Waals surface area contributed by atoms with Crippen LogP contribution in [0.3, 0.4) is 0 Å². The van der Waals surface area contributed by atoms with E-state index >= 15 is 0 Å². The Morgan fingerprint density at radius 3 is 2.52 bits per heavy atom. The van der Waals surface area contributed by atoms with Crippen molar-refractivity contribution in [2.75, 3.05) is 0 Å². The largest absolute Gasteiger partial charge is 0.487 e. The van der Waals surface area contributed by atoms with E-state index in [1.54, 1.807) is 24.1 Å². The zero-order chi connectivity index (χ0) is 18.0. The lowest BCUT2D eigenvalue weighted by molar-refractivity contribution is 0.0995. The number of aryl methyl sites for hydroxylation is 1. The maximum atomic E-state index is 13.3. The number of pyridine rings is 1. The van der Waals surface area contributed by atoms with Crippen molar-refractivity contribution in [1.29, 1.82) is 0 Å². The fourth-order valence-corrected chi connectivity index (χ4v) is 2.33. The van der Waals surface area contributed by atoms with E-state index in [-0.39, 0.29) is 12.3 Å². The van der Waals surface area contributed by atoms with Crippen LogP contribution in [0.25, 0.3) is 11.1 Å². The van der Waals surface area contributed by atoms with Gasteiger partial charge in [-0.3, -0.25) is 9.48 Å². The monoisotopic (exact) mass is 344 g/mol. The van der Waals surface area contributed by atoms with E-state index in [9.17, 15) is 13.6 Å². The first kappa shape index (κ1) is 16.6. The van der Waals surface area contributed by atoms with Crippen LogP contribution < -0.4 is 10.5 Å². The summed E-state index contributed by atoms with van der Waals surface area (Å²) in [5.41, 5.74) is 6.91. The third kappa shape index (κ3) is 3.79. The lowest BCUT2D eigenvalue weighted by atomic mass is 10.1. The standard InChI is InChI=1S/C17H14F2N4O2/c1-23-8-11(6-22-23)14-5-15(17(20)24)21-7-16(14)25-9-10-2-12(18)4-13(19)3-10/h2-8H,9H2,1H3,(H2,20,24). The predicted molar refractivity (Wildman–Crippen MR) is 85.6 cm³/mol. The van der Waals surface area contributed by atoms with E-state index in [2.05, 4.69) is 10.1 Å². The van der Waals surface area contributed by atoms with Gasteiger partial charge in [0.15, 0.2) is 0 Å². The molecule has 6 nitrogen and oxygen atoms in total. The van der Waals surface area contributed by atoms with Gasteiger partial charge in [-0.1, -0.05) is 0 Å². The molecule has 0 saturated heterocycles. The van der Waals surface area contributed by atoms with Crippen LogP contribution in [0.5, 0.6) is 5.75 Å². The molecule has 0 spiro atoms. The minimum atomic E-state index is -0.687. The van der Waals surface area contributed by atoms with Crippen LogP contribution in [0.2, 0.25) is 0 Å². The second-order valence-electron chi connectivity index (χ2n) is 5.40. The summed E-state index contributed by atoms with van der Waals surface area (Å²) in [5.74, 6) is -1.71. The highest BCUT2D eigenvalue weighted by molar-refractivity contribution is 5.92. The molecule has 0 bridgehead atoms. The smallest absolute Gasteiger partial charge is 0.267 e. The molecule has 2 N–H and O–H groups in total.